The van der Waals surface area contributed by atoms with E-state index in [1.54, 1.807) is 10.8 Å². The molecule has 0 amide bonds. The van der Waals surface area contributed by atoms with Gasteiger partial charge in [0, 0.05) is 19.8 Å². The summed E-state index contributed by atoms with van der Waals surface area (Å²) in [6.07, 6.45) is 0. The van der Waals surface area contributed by atoms with Gasteiger partial charge >= 0.3 is 0 Å². The molecule has 5 heteroatoms. The van der Waals surface area contributed by atoms with Gasteiger partial charge in [0.25, 0.3) is 0 Å². The van der Waals surface area contributed by atoms with Gasteiger partial charge in [-0.1, -0.05) is 44.8 Å². The number of benzene rings is 2. The summed E-state index contributed by atoms with van der Waals surface area (Å²) in [6.45, 7) is 0. The van der Waals surface area contributed by atoms with Gasteiger partial charge in [0.15, 0.2) is 0 Å². The van der Waals surface area contributed by atoms with Crippen molar-refractivity contribution in [2.24, 2.45) is 0 Å². The van der Waals surface area contributed by atoms with Gasteiger partial charge in [0.2, 0.25) is 0 Å². The zero-order chi connectivity index (χ0) is 12.8. The van der Waals surface area contributed by atoms with E-state index in [9.17, 15) is 0 Å². The SMILES string of the molecule is Clc1ccc(SCSSc2ccc(Cl)cc2)cc1. The Morgan fingerprint density at radius 1 is 0.722 bits per heavy atom. The molecule has 0 spiro atoms. The predicted molar refractivity (Wildman–Crippen MR) is 87.1 cm³/mol. The highest BCUT2D eigenvalue weighted by atomic mass is 35.5. The van der Waals surface area contributed by atoms with Gasteiger partial charge in [-0.2, -0.15) is 0 Å². The summed E-state index contributed by atoms with van der Waals surface area (Å²) in [7, 11) is 3.58. The van der Waals surface area contributed by atoms with E-state index in [0.29, 0.717) is 0 Å². The van der Waals surface area contributed by atoms with Crippen molar-refractivity contribution in [3.05, 3.63) is 58.6 Å². The lowest BCUT2D eigenvalue weighted by Gasteiger charge is -2.02. The Labute approximate surface area is 129 Å². The molecule has 18 heavy (non-hydrogen) atoms. The molecule has 0 aliphatic carbocycles. The van der Waals surface area contributed by atoms with Crippen molar-refractivity contribution in [3.63, 3.8) is 0 Å². The number of halogens is 2. The van der Waals surface area contributed by atoms with Crippen LogP contribution in [0.15, 0.2) is 58.3 Å². The summed E-state index contributed by atoms with van der Waals surface area (Å²) in [5.41, 5.74) is 0. The molecule has 0 saturated heterocycles. The molecule has 0 aliphatic rings. The van der Waals surface area contributed by atoms with E-state index in [1.165, 1.54) is 9.79 Å². The molecule has 0 heterocycles. The number of thioether (sulfide) groups is 1. The zero-order valence-corrected chi connectivity index (χ0v) is 13.3. The van der Waals surface area contributed by atoms with Crippen molar-refractivity contribution < 1.29 is 0 Å². The first-order chi connectivity index (χ1) is 8.74. The lowest BCUT2D eigenvalue weighted by Crippen LogP contribution is -1.72. The molecule has 0 aliphatic heterocycles. The Morgan fingerprint density at radius 3 is 1.78 bits per heavy atom. The highest BCUT2D eigenvalue weighted by Crippen LogP contribution is 2.36. The Morgan fingerprint density at radius 2 is 1.22 bits per heavy atom. The van der Waals surface area contributed by atoms with Crippen LogP contribution in [0.2, 0.25) is 10.0 Å². The molecule has 2 aromatic rings. The van der Waals surface area contributed by atoms with E-state index in [0.717, 1.165) is 15.1 Å². The highest BCUT2D eigenvalue weighted by molar-refractivity contribution is 8.78. The number of hydrogen-bond donors (Lipinski definition) is 0. The molecular formula is C13H10Cl2S3. The van der Waals surface area contributed by atoms with Crippen LogP contribution in [0.5, 0.6) is 0 Å². The minimum absolute atomic E-state index is 0.778. The molecule has 0 atom stereocenters. The minimum atomic E-state index is 0.778. The van der Waals surface area contributed by atoms with Crippen LogP contribution in [0.25, 0.3) is 0 Å². The summed E-state index contributed by atoms with van der Waals surface area (Å²) < 4.78 is 0. The van der Waals surface area contributed by atoms with Gasteiger partial charge < -0.3 is 0 Å². The second-order valence-corrected chi connectivity index (χ2v) is 8.03. The zero-order valence-electron chi connectivity index (χ0n) is 9.31. The third kappa shape index (κ3) is 4.98. The topological polar surface area (TPSA) is 0 Å². The molecule has 94 valence electrons. The predicted octanol–water partition coefficient (Wildman–Crippen LogP) is 6.48. The highest BCUT2D eigenvalue weighted by Gasteiger charge is 1.97. The fourth-order valence-electron chi connectivity index (χ4n) is 1.21. The minimum Gasteiger partial charge on any atom is -0.114 e. The lowest BCUT2D eigenvalue weighted by atomic mass is 10.4. The van der Waals surface area contributed by atoms with Crippen LogP contribution in [-0.4, -0.2) is 5.08 Å². The average molecular weight is 333 g/mol. The molecule has 0 bridgehead atoms. The molecule has 2 rings (SSSR count). The van der Waals surface area contributed by atoms with Crippen LogP contribution in [0, 0.1) is 0 Å². The van der Waals surface area contributed by atoms with Crippen molar-refractivity contribution in [2.75, 3.05) is 5.08 Å². The third-order valence-corrected chi connectivity index (χ3v) is 6.40. The molecular weight excluding hydrogens is 323 g/mol. The van der Waals surface area contributed by atoms with Crippen molar-refractivity contribution >= 4 is 56.6 Å². The van der Waals surface area contributed by atoms with Crippen LogP contribution in [0.1, 0.15) is 0 Å². The normalized spacial score (nSPS) is 10.6. The maximum Gasteiger partial charge on any atom is 0.0546 e. The molecule has 0 unspecified atom stereocenters. The molecule has 0 aromatic heterocycles. The Hall–Kier alpha value is 0.0700. The Balaban J connectivity index is 1.73. The van der Waals surface area contributed by atoms with Crippen molar-refractivity contribution in [1.82, 2.24) is 0 Å². The van der Waals surface area contributed by atoms with Crippen LogP contribution in [0.3, 0.4) is 0 Å². The smallest absolute Gasteiger partial charge is 0.0546 e. The molecule has 0 N–H and O–H groups in total. The summed E-state index contributed by atoms with van der Waals surface area (Å²) in [5, 5.41) is 2.55. The molecule has 0 fully saturated rings. The second kappa shape index (κ2) is 7.61. The van der Waals surface area contributed by atoms with Gasteiger partial charge in [-0.15, -0.1) is 11.8 Å². The largest absolute Gasteiger partial charge is 0.114 e. The maximum atomic E-state index is 5.84. The van der Waals surface area contributed by atoms with Gasteiger partial charge in [-0.05, 0) is 48.5 Å². The fourth-order valence-corrected chi connectivity index (χ4v) is 4.71. The first kappa shape index (κ1) is 14.5. The van der Waals surface area contributed by atoms with E-state index in [4.69, 9.17) is 23.2 Å². The average Bonchev–Trinajstić information content (AvgIpc) is 2.39. The van der Waals surface area contributed by atoms with Crippen LogP contribution in [0.4, 0.5) is 0 Å². The molecule has 0 saturated carbocycles. The van der Waals surface area contributed by atoms with Crippen molar-refractivity contribution in [3.8, 4) is 0 Å². The lowest BCUT2D eigenvalue weighted by molar-refractivity contribution is 1.47. The fraction of sp³-hybridized carbons (Fsp3) is 0.0769. The summed E-state index contributed by atoms with van der Waals surface area (Å²) in [4.78, 5) is 2.46. The first-order valence-corrected chi connectivity index (χ1v) is 9.23. The van der Waals surface area contributed by atoms with Crippen LogP contribution in [-0.2, 0) is 0 Å². The quantitative estimate of drug-likeness (QED) is 0.266. The van der Waals surface area contributed by atoms with Gasteiger partial charge in [-0.25, -0.2) is 0 Å². The third-order valence-electron chi connectivity index (χ3n) is 2.06. The molecule has 0 nitrogen and oxygen atoms in total. The van der Waals surface area contributed by atoms with Gasteiger partial charge in [0.05, 0.1) is 5.08 Å². The Kier molecular flexibility index (Phi) is 6.12. The monoisotopic (exact) mass is 332 g/mol. The molecule has 0 radical (unpaired) electrons. The maximum absolute atomic E-state index is 5.84. The van der Waals surface area contributed by atoms with E-state index >= 15 is 0 Å². The van der Waals surface area contributed by atoms with Crippen molar-refractivity contribution in [2.45, 2.75) is 9.79 Å². The second-order valence-electron chi connectivity index (χ2n) is 3.37. The van der Waals surface area contributed by atoms with Gasteiger partial charge in [0.1, 0.15) is 0 Å². The first-order valence-electron chi connectivity index (χ1n) is 5.17. The van der Waals surface area contributed by atoms with Crippen molar-refractivity contribution in [1.29, 1.82) is 0 Å². The Bertz CT molecular complexity index is 435. The van der Waals surface area contributed by atoms with E-state index in [-0.39, 0.29) is 0 Å². The number of hydrogen-bond acceptors (Lipinski definition) is 3. The van der Waals surface area contributed by atoms with E-state index in [2.05, 4.69) is 0 Å². The van der Waals surface area contributed by atoms with E-state index in [1.807, 2.05) is 71.1 Å². The van der Waals surface area contributed by atoms with Crippen LogP contribution >= 0.6 is 56.6 Å². The molecule has 2 aromatic carbocycles. The summed E-state index contributed by atoms with van der Waals surface area (Å²) in [5.74, 6) is 0. The van der Waals surface area contributed by atoms with Crippen LogP contribution < -0.4 is 0 Å². The van der Waals surface area contributed by atoms with E-state index < -0.39 is 0 Å². The number of rotatable bonds is 5. The summed E-state index contributed by atoms with van der Waals surface area (Å²) in [6, 6.07) is 15.8. The standard InChI is InChI=1S/C13H10Cl2S3/c14-10-1-5-12(6-2-10)16-9-17-18-13-7-3-11(15)4-8-13/h1-8H,9H2. The summed E-state index contributed by atoms with van der Waals surface area (Å²) >= 11 is 13.5. The van der Waals surface area contributed by atoms with Gasteiger partial charge in [-0.3, -0.25) is 0 Å².